The van der Waals surface area contributed by atoms with Gasteiger partial charge in [-0.25, -0.2) is 0 Å². The molecule has 0 heterocycles. The van der Waals surface area contributed by atoms with E-state index in [1.54, 1.807) is 42.9 Å². The van der Waals surface area contributed by atoms with Crippen molar-refractivity contribution in [2.45, 2.75) is 25.3 Å². The second-order valence-electron chi connectivity index (χ2n) is 6.08. The Balaban J connectivity index is 1.90. The molecule has 0 atom stereocenters. The standard InChI is InChI=1S/C20H24N2O2S/c1-14-5-10-18(15(2)11-14)25-13-19(23)22(4)12-16-6-8-17(9-7-16)20(24)21-3/h5-11H,12-13H2,1-4H3,(H,21,24). The van der Waals surface area contributed by atoms with E-state index in [1.807, 2.05) is 12.1 Å². The molecule has 0 aliphatic heterocycles. The number of hydrogen-bond donors (Lipinski definition) is 1. The Hall–Kier alpha value is -2.27. The molecule has 5 heteroatoms. The van der Waals surface area contributed by atoms with E-state index in [2.05, 4.69) is 37.4 Å². The zero-order valence-electron chi connectivity index (χ0n) is 15.1. The number of hydrogen-bond acceptors (Lipinski definition) is 3. The van der Waals surface area contributed by atoms with E-state index in [0.29, 0.717) is 17.9 Å². The lowest BCUT2D eigenvalue weighted by Crippen LogP contribution is -2.27. The first-order valence-electron chi connectivity index (χ1n) is 8.15. The molecule has 2 aromatic rings. The van der Waals surface area contributed by atoms with E-state index in [-0.39, 0.29) is 11.8 Å². The number of amides is 2. The van der Waals surface area contributed by atoms with Crippen molar-refractivity contribution in [1.82, 2.24) is 10.2 Å². The van der Waals surface area contributed by atoms with Crippen LogP contribution in [0.4, 0.5) is 0 Å². The first-order chi connectivity index (χ1) is 11.9. The number of rotatable bonds is 6. The fraction of sp³-hybridized carbons (Fsp3) is 0.300. The van der Waals surface area contributed by atoms with E-state index < -0.39 is 0 Å². The van der Waals surface area contributed by atoms with Gasteiger partial charge >= 0.3 is 0 Å². The van der Waals surface area contributed by atoms with Crippen molar-refractivity contribution in [1.29, 1.82) is 0 Å². The van der Waals surface area contributed by atoms with Crippen LogP contribution in [0.5, 0.6) is 0 Å². The summed E-state index contributed by atoms with van der Waals surface area (Å²) in [6.07, 6.45) is 0. The van der Waals surface area contributed by atoms with Crippen molar-refractivity contribution in [3.8, 4) is 0 Å². The maximum Gasteiger partial charge on any atom is 0.251 e. The van der Waals surface area contributed by atoms with Gasteiger partial charge in [-0.3, -0.25) is 9.59 Å². The predicted molar refractivity (Wildman–Crippen MR) is 103 cm³/mol. The van der Waals surface area contributed by atoms with Crippen molar-refractivity contribution in [2.24, 2.45) is 0 Å². The Morgan fingerprint density at radius 3 is 2.36 bits per heavy atom. The molecule has 132 valence electrons. The van der Waals surface area contributed by atoms with Gasteiger partial charge in [-0.05, 0) is 43.2 Å². The molecule has 4 nitrogen and oxygen atoms in total. The first kappa shape index (κ1) is 19.1. The third-order valence-corrected chi connectivity index (χ3v) is 5.13. The minimum Gasteiger partial charge on any atom is -0.355 e. The third-order valence-electron chi connectivity index (χ3n) is 3.97. The van der Waals surface area contributed by atoms with Gasteiger partial charge in [0, 0.05) is 31.1 Å². The second-order valence-corrected chi connectivity index (χ2v) is 7.10. The highest BCUT2D eigenvalue weighted by Gasteiger charge is 2.11. The molecule has 25 heavy (non-hydrogen) atoms. The SMILES string of the molecule is CNC(=O)c1ccc(CN(C)C(=O)CSc2ccc(C)cc2C)cc1. The average Bonchev–Trinajstić information content (AvgIpc) is 2.60. The smallest absolute Gasteiger partial charge is 0.251 e. The number of nitrogens with zero attached hydrogens (tertiary/aromatic N) is 1. The molecule has 0 fully saturated rings. The van der Waals surface area contributed by atoms with Crippen LogP contribution in [-0.4, -0.2) is 36.6 Å². The number of carbonyl (C=O) groups is 2. The fourth-order valence-electron chi connectivity index (χ4n) is 2.48. The number of benzene rings is 2. The highest BCUT2D eigenvalue weighted by molar-refractivity contribution is 8.00. The summed E-state index contributed by atoms with van der Waals surface area (Å²) in [4.78, 5) is 26.8. The predicted octanol–water partition coefficient (Wildman–Crippen LogP) is 3.41. The zero-order valence-corrected chi connectivity index (χ0v) is 15.9. The highest BCUT2D eigenvalue weighted by atomic mass is 32.2. The largest absolute Gasteiger partial charge is 0.355 e. The molecule has 0 aliphatic carbocycles. The molecule has 1 N–H and O–H groups in total. The Kier molecular flexibility index (Phi) is 6.65. The molecule has 2 amide bonds. The summed E-state index contributed by atoms with van der Waals surface area (Å²) in [7, 11) is 3.41. The van der Waals surface area contributed by atoms with E-state index >= 15 is 0 Å². The Bertz CT molecular complexity index is 757. The van der Waals surface area contributed by atoms with Crippen LogP contribution in [0.1, 0.15) is 27.0 Å². The van der Waals surface area contributed by atoms with Crippen LogP contribution in [0, 0.1) is 13.8 Å². The number of aryl methyl sites for hydroxylation is 2. The Labute approximate surface area is 153 Å². The molecule has 2 aromatic carbocycles. The molecule has 0 aliphatic rings. The van der Waals surface area contributed by atoms with Crippen molar-refractivity contribution >= 4 is 23.6 Å². The van der Waals surface area contributed by atoms with Crippen LogP contribution in [0.2, 0.25) is 0 Å². The highest BCUT2D eigenvalue weighted by Crippen LogP contribution is 2.23. The average molecular weight is 356 g/mol. The topological polar surface area (TPSA) is 49.4 Å². The lowest BCUT2D eigenvalue weighted by Gasteiger charge is -2.17. The molecular formula is C20H24N2O2S. The van der Waals surface area contributed by atoms with Crippen molar-refractivity contribution in [2.75, 3.05) is 19.8 Å². The summed E-state index contributed by atoms with van der Waals surface area (Å²) >= 11 is 1.57. The Morgan fingerprint density at radius 1 is 1.08 bits per heavy atom. The van der Waals surface area contributed by atoms with Crippen molar-refractivity contribution < 1.29 is 9.59 Å². The van der Waals surface area contributed by atoms with E-state index in [1.165, 1.54) is 11.1 Å². The third kappa shape index (κ3) is 5.36. The van der Waals surface area contributed by atoms with Gasteiger partial charge in [0.1, 0.15) is 0 Å². The summed E-state index contributed by atoms with van der Waals surface area (Å²) in [5, 5.41) is 2.59. The minimum absolute atomic E-state index is 0.0837. The molecule has 0 spiro atoms. The normalized spacial score (nSPS) is 10.4. The molecule has 0 bridgehead atoms. The van der Waals surface area contributed by atoms with Crippen LogP contribution in [-0.2, 0) is 11.3 Å². The molecule has 0 aromatic heterocycles. The monoisotopic (exact) mass is 356 g/mol. The quantitative estimate of drug-likeness (QED) is 0.807. The maximum atomic E-state index is 12.4. The summed E-state index contributed by atoms with van der Waals surface area (Å²) in [5.74, 6) is 0.387. The summed E-state index contributed by atoms with van der Waals surface area (Å²) in [5.41, 5.74) is 4.04. The van der Waals surface area contributed by atoms with Gasteiger partial charge in [-0.15, -0.1) is 11.8 Å². The van der Waals surface area contributed by atoms with Crippen molar-refractivity contribution in [3.63, 3.8) is 0 Å². The molecule has 0 radical (unpaired) electrons. The molecule has 0 saturated heterocycles. The fourth-order valence-corrected chi connectivity index (χ4v) is 3.43. The van der Waals surface area contributed by atoms with Gasteiger partial charge < -0.3 is 10.2 Å². The number of thioether (sulfide) groups is 1. The van der Waals surface area contributed by atoms with Crippen molar-refractivity contribution in [3.05, 3.63) is 64.7 Å². The van der Waals surface area contributed by atoms with E-state index in [9.17, 15) is 9.59 Å². The van der Waals surface area contributed by atoms with E-state index in [0.717, 1.165) is 10.5 Å². The van der Waals surface area contributed by atoms with Crippen LogP contribution in [0.15, 0.2) is 47.4 Å². The first-order valence-corrected chi connectivity index (χ1v) is 9.14. The zero-order chi connectivity index (χ0) is 18.4. The molecule has 2 rings (SSSR count). The second kappa shape index (κ2) is 8.72. The van der Waals surface area contributed by atoms with E-state index in [4.69, 9.17) is 0 Å². The lowest BCUT2D eigenvalue weighted by atomic mass is 10.1. The van der Waals surface area contributed by atoms with Gasteiger partial charge in [0.05, 0.1) is 5.75 Å². The summed E-state index contributed by atoms with van der Waals surface area (Å²) in [6, 6.07) is 13.6. The molecular weight excluding hydrogens is 332 g/mol. The van der Waals surface area contributed by atoms with Crippen LogP contribution < -0.4 is 5.32 Å². The summed E-state index contributed by atoms with van der Waals surface area (Å²) < 4.78 is 0. The van der Waals surface area contributed by atoms with Gasteiger partial charge in [0.15, 0.2) is 0 Å². The number of carbonyl (C=O) groups excluding carboxylic acids is 2. The Morgan fingerprint density at radius 2 is 1.76 bits per heavy atom. The lowest BCUT2D eigenvalue weighted by molar-refractivity contribution is -0.127. The molecule has 0 saturated carbocycles. The van der Waals surface area contributed by atoms with Gasteiger partial charge in [-0.2, -0.15) is 0 Å². The maximum absolute atomic E-state index is 12.4. The summed E-state index contributed by atoms with van der Waals surface area (Å²) in [6.45, 7) is 4.66. The van der Waals surface area contributed by atoms with Gasteiger partial charge in [0.2, 0.25) is 5.91 Å². The van der Waals surface area contributed by atoms with Crippen LogP contribution >= 0.6 is 11.8 Å². The van der Waals surface area contributed by atoms with Gasteiger partial charge in [0.25, 0.3) is 5.91 Å². The van der Waals surface area contributed by atoms with Crippen LogP contribution in [0.25, 0.3) is 0 Å². The van der Waals surface area contributed by atoms with Gasteiger partial charge in [-0.1, -0.05) is 29.8 Å². The van der Waals surface area contributed by atoms with Crippen LogP contribution in [0.3, 0.4) is 0 Å². The minimum atomic E-state index is -0.110. The molecule has 0 unspecified atom stereocenters. The number of nitrogens with one attached hydrogen (secondary N) is 1.